The molecule has 1 saturated heterocycles. The highest BCUT2D eigenvalue weighted by Gasteiger charge is 2.38. The molecule has 7 nitrogen and oxygen atoms in total. The van der Waals surface area contributed by atoms with Gasteiger partial charge in [-0.3, -0.25) is 14.3 Å². The van der Waals surface area contributed by atoms with Crippen molar-refractivity contribution < 1.29 is 18.7 Å². The van der Waals surface area contributed by atoms with Crippen LogP contribution >= 0.6 is 0 Å². The molecule has 0 spiro atoms. The van der Waals surface area contributed by atoms with E-state index in [0.717, 1.165) is 13.0 Å². The second-order valence-electron chi connectivity index (χ2n) is 7.44. The van der Waals surface area contributed by atoms with Crippen molar-refractivity contribution in [1.82, 2.24) is 20.4 Å². The number of ether oxygens (including phenoxy) is 1. The molecule has 8 heteroatoms. The molecule has 29 heavy (non-hydrogen) atoms. The van der Waals surface area contributed by atoms with Crippen molar-refractivity contribution in [2.75, 3.05) is 13.7 Å². The van der Waals surface area contributed by atoms with Gasteiger partial charge in [0.15, 0.2) is 0 Å². The molecule has 0 aliphatic carbocycles. The molecule has 1 aliphatic heterocycles. The monoisotopic (exact) mass is 402 g/mol. The summed E-state index contributed by atoms with van der Waals surface area (Å²) in [5, 5.41) is 10.0. The normalized spacial score (nSPS) is 18.5. The molecule has 1 fully saturated rings. The summed E-state index contributed by atoms with van der Waals surface area (Å²) in [7, 11) is 1.49. The summed E-state index contributed by atoms with van der Waals surface area (Å²) in [6.07, 6.45) is 6.46. The average molecular weight is 402 g/mol. The number of methoxy groups -OCH3 is 1. The van der Waals surface area contributed by atoms with Crippen molar-refractivity contribution >= 4 is 11.8 Å². The molecule has 1 aromatic carbocycles. The van der Waals surface area contributed by atoms with Gasteiger partial charge in [-0.1, -0.05) is 6.07 Å². The maximum absolute atomic E-state index is 14.4. The van der Waals surface area contributed by atoms with Crippen LogP contribution in [0.2, 0.25) is 0 Å². The summed E-state index contributed by atoms with van der Waals surface area (Å²) in [5.74, 6) is -0.0436. The van der Waals surface area contributed by atoms with E-state index in [-0.39, 0.29) is 24.1 Å². The van der Waals surface area contributed by atoms with E-state index >= 15 is 0 Å². The van der Waals surface area contributed by atoms with Crippen molar-refractivity contribution in [1.29, 1.82) is 0 Å². The zero-order chi connectivity index (χ0) is 20.7. The van der Waals surface area contributed by atoms with Gasteiger partial charge in [-0.2, -0.15) is 5.10 Å². The Bertz CT molecular complexity index is 840. The lowest BCUT2D eigenvalue weighted by Crippen LogP contribution is -2.44. The number of nitrogens with zero attached hydrogens (tertiary/aromatic N) is 2. The van der Waals surface area contributed by atoms with Gasteiger partial charge in [-0.25, -0.2) is 4.39 Å². The molecule has 2 aromatic rings. The van der Waals surface area contributed by atoms with Crippen molar-refractivity contribution in [3.05, 3.63) is 48.0 Å². The highest BCUT2D eigenvalue weighted by Crippen LogP contribution is 2.31. The smallest absolute Gasteiger partial charge is 0.220 e. The van der Waals surface area contributed by atoms with Crippen molar-refractivity contribution in [3.63, 3.8) is 0 Å². The zero-order valence-corrected chi connectivity index (χ0v) is 16.6. The molecule has 0 saturated carbocycles. The largest absolute Gasteiger partial charge is 0.497 e. The summed E-state index contributed by atoms with van der Waals surface area (Å²) >= 11 is 0. The van der Waals surface area contributed by atoms with Gasteiger partial charge in [0, 0.05) is 49.9 Å². The van der Waals surface area contributed by atoms with Crippen LogP contribution in [0.1, 0.15) is 37.7 Å². The Morgan fingerprint density at radius 2 is 2.31 bits per heavy atom. The second kappa shape index (κ2) is 9.54. The van der Waals surface area contributed by atoms with Crippen molar-refractivity contribution in [2.24, 2.45) is 0 Å². The molecule has 156 valence electrons. The quantitative estimate of drug-likeness (QED) is 0.597. The lowest BCUT2D eigenvalue weighted by Gasteiger charge is -2.29. The van der Waals surface area contributed by atoms with Gasteiger partial charge in [-0.15, -0.1) is 0 Å². The minimum absolute atomic E-state index is 0.0569. The number of hydrogen-bond donors (Lipinski definition) is 2. The highest BCUT2D eigenvalue weighted by atomic mass is 19.1. The number of carbonyl (C=O) groups excluding carboxylic acids is 2. The van der Waals surface area contributed by atoms with Crippen molar-refractivity contribution in [2.45, 2.75) is 50.6 Å². The lowest BCUT2D eigenvalue weighted by atomic mass is 9.84. The Morgan fingerprint density at radius 3 is 2.97 bits per heavy atom. The van der Waals surface area contributed by atoms with E-state index in [1.165, 1.54) is 13.2 Å². The van der Waals surface area contributed by atoms with Crippen LogP contribution in [0, 0.1) is 5.82 Å². The third kappa shape index (κ3) is 5.79. The van der Waals surface area contributed by atoms with E-state index in [9.17, 15) is 14.0 Å². The Hall–Kier alpha value is -2.90. The topological polar surface area (TPSA) is 85.2 Å². The number of aryl methyl sites for hydroxylation is 1. The van der Waals surface area contributed by atoms with Crippen LogP contribution in [0.4, 0.5) is 4.39 Å². The number of nitrogens with one attached hydrogen (secondary N) is 2. The number of halogens is 1. The van der Waals surface area contributed by atoms with Gasteiger partial charge >= 0.3 is 0 Å². The van der Waals surface area contributed by atoms with E-state index in [2.05, 4.69) is 15.7 Å². The van der Waals surface area contributed by atoms with E-state index in [0.29, 0.717) is 43.5 Å². The maximum atomic E-state index is 14.4. The predicted molar refractivity (Wildman–Crippen MR) is 106 cm³/mol. The van der Waals surface area contributed by atoms with Gasteiger partial charge in [0.25, 0.3) is 0 Å². The molecule has 1 atom stereocenters. The first kappa shape index (κ1) is 20.8. The third-order valence-electron chi connectivity index (χ3n) is 5.30. The fourth-order valence-corrected chi connectivity index (χ4v) is 3.69. The number of amides is 2. The Kier molecular flexibility index (Phi) is 6.85. The first-order valence-corrected chi connectivity index (χ1v) is 9.87. The van der Waals surface area contributed by atoms with Crippen LogP contribution in [0.25, 0.3) is 0 Å². The van der Waals surface area contributed by atoms with Gasteiger partial charge in [0.2, 0.25) is 11.8 Å². The second-order valence-corrected chi connectivity index (χ2v) is 7.44. The summed E-state index contributed by atoms with van der Waals surface area (Å²) in [6, 6.07) is 6.58. The zero-order valence-electron chi connectivity index (χ0n) is 16.6. The molecule has 3 rings (SSSR count). The van der Waals surface area contributed by atoms with E-state index in [1.54, 1.807) is 18.3 Å². The predicted octanol–water partition coefficient (Wildman–Crippen LogP) is 2.21. The van der Waals surface area contributed by atoms with Crippen LogP contribution in [0.3, 0.4) is 0 Å². The van der Waals surface area contributed by atoms with Gasteiger partial charge < -0.3 is 15.4 Å². The number of carbonyl (C=O) groups is 2. The van der Waals surface area contributed by atoms with E-state index in [4.69, 9.17) is 4.74 Å². The SMILES string of the molecule is COc1ccc(CC2(CCC(=O)NCCCn3cccn3)CCC(=O)N2)c(F)c1. The first-order chi connectivity index (χ1) is 14.0. The number of hydrogen-bond acceptors (Lipinski definition) is 4. The molecule has 1 unspecified atom stereocenters. The molecule has 2 N–H and O–H groups in total. The molecule has 2 heterocycles. The van der Waals surface area contributed by atoms with Crippen LogP contribution in [0.5, 0.6) is 5.75 Å². The van der Waals surface area contributed by atoms with Crippen LogP contribution in [0.15, 0.2) is 36.7 Å². The van der Waals surface area contributed by atoms with Crippen LogP contribution < -0.4 is 15.4 Å². The van der Waals surface area contributed by atoms with Gasteiger partial charge in [0.1, 0.15) is 11.6 Å². The molecular weight excluding hydrogens is 375 g/mol. The Balaban J connectivity index is 1.52. The van der Waals surface area contributed by atoms with Crippen molar-refractivity contribution in [3.8, 4) is 5.75 Å². The molecule has 0 radical (unpaired) electrons. The van der Waals surface area contributed by atoms with Crippen LogP contribution in [-0.4, -0.2) is 40.8 Å². The highest BCUT2D eigenvalue weighted by molar-refractivity contribution is 5.80. The minimum Gasteiger partial charge on any atom is -0.497 e. The summed E-state index contributed by atoms with van der Waals surface area (Å²) in [4.78, 5) is 24.1. The first-order valence-electron chi connectivity index (χ1n) is 9.87. The Morgan fingerprint density at radius 1 is 1.45 bits per heavy atom. The maximum Gasteiger partial charge on any atom is 0.220 e. The summed E-state index contributed by atoms with van der Waals surface area (Å²) in [6.45, 7) is 1.30. The van der Waals surface area contributed by atoms with Crippen LogP contribution in [-0.2, 0) is 22.6 Å². The molecular formula is C21H27FN4O3. The summed E-state index contributed by atoms with van der Waals surface area (Å²) < 4.78 is 21.3. The number of rotatable bonds is 10. The van der Waals surface area contributed by atoms with E-state index in [1.807, 2.05) is 16.9 Å². The minimum atomic E-state index is -0.598. The average Bonchev–Trinajstić information content (AvgIpc) is 3.35. The fourth-order valence-electron chi connectivity index (χ4n) is 3.69. The van der Waals surface area contributed by atoms with Gasteiger partial charge in [0.05, 0.1) is 7.11 Å². The van der Waals surface area contributed by atoms with Gasteiger partial charge in [-0.05, 0) is 43.4 Å². The summed E-state index contributed by atoms with van der Waals surface area (Å²) in [5.41, 5.74) is -0.0912. The lowest BCUT2D eigenvalue weighted by molar-refractivity contribution is -0.122. The molecule has 0 bridgehead atoms. The molecule has 2 amide bonds. The third-order valence-corrected chi connectivity index (χ3v) is 5.30. The standard InChI is InChI=1S/C21H27FN4O3/c1-29-17-5-4-16(18(22)14-17)15-21(9-7-20(28)25-21)8-6-19(27)23-10-2-12-26-13-3-11-24-26/h3-5,11,13-14H,2,6-10,12,15H2,1H3,(H,23,27)(H,25,28). The fraction of sp³-hybridized carbons (Fsp3) is 0.476. The number of aromatic nitrogens is 2. The molecule has 1 aliphatic rings. The Labute approximate surface area is 169 Å². The molecule has 1 aromatic heterocycles. The van der Waals surface area contributed by atoms with E-state index < -0.39 is 5.54 Å². The number of benzene rings is 1.